The molecule has 0 amide bonds. The lowest BCUT2D eigenvalue weighted by molar-refractivity contribution is -0.196. The number of ether oxygens (including phenoxy) is 2. The zero-order valence-corrected chi connectivity index (χ0v) is 15.5. The van der Waals surface area contributed by atoms with Gasteiger partial charge in [0.05, 0.1) is 32.8 Å². The number of carbonyl (C=O) groups excluding carboxylic acids is 2. The smallest absolute Gasteiger partial charge is 0.325 e. The van der Waals surface area contributed by atoms with Crippen LogP contribution in [-0.2, 0) is 30.5 Å². The third kappa shape index (κ3) is 5.52. The molecule has 26 heavy (non-hydrogen) atoms. The minimum Gasteiger partial charge on any atom is -0.468 e. The van der Waals surface area contributed by atoms with E-state index in [1.807, 2.05) is 44.2 Å². The van der Waals surface area contributed by atoms with Crippen LogP contribution < -0.4 is 0 Å². The molecule has 0 bridgehead atoms. The van der Waals surface area contributed by atoms with Crippen molar-refractivity contribution < 1.29 is 29.0 Å². The Kier molecular flexibility index (Phi) is 7.14. The molecular formula is C19H27NO6. The molecule has 2 rings (SSSR count). The number of methoxy groups -OCH3 is 1. The molecule has 1 aliphatic rings. The third-order valence-corrected chi connectivity index (χ3v) is 4.34. The quantitative estimate of drug-likeness (QED) is 0.700. The molecule has 1 aromatic rings. The van der Waals surface area contributed by atoms with Gasteiger partial charge < -0.3 is 14.6 Å². The fraction of sp³-hybridized carbons (Fsp3) is 0.579. The summed E-state index contributed by atoms with van der Waals surface area (Å²) in [6.07, 6.45) is 0.278. The fourth-order valence-electron chi connectivity index (χ4n) is 2.63. The number of aliphatic hydroxyl groups excluding tert-OH is 1. The van der Waals surface area contributed by atoms with Crippen molar-refractivity contribution in [1.82, 2.24) is 5.06 Å². The molecule has 0 spiro atoms. The Morgan fingerprint density at radius 3 is 2.54 bits per heavy atom. The summed E-state index contributed by atoms with van der Waals surface area (Å²) in [5.74, 6) is -1.32. The summed E-state index contributed by atoms with van der Waals surface area (Å²) < 4.78 is 10.2. The van der Waals surface area contributed by atoms with Crippen molar-refractivity contribution in [3.05, 3.63) is 35.9 Å². The third-order valence-electron chi connectivity index (χ3n) is 4.34. The van der Waals surface area contributed by atoms with Crippen molar-refractivity contribution in [3.63, 3.8) is 0 Å². The molecule has 1 fully saturated rings. The summed E-state index contributed by atoms with van der Waals surface area (Å²) in [5, 5.41) is 10.8. The highest BCUT2D eigenvalue weighted by Crippen LogP contribution is 2.27. The van der Waals surface area contributed by atoms with E-state index in [1.165, 1.54) is 12.2 Å². The Bertz CT molecular complexity index is 603. The van der Waals surface area contributed by atoms with Gasteiger partial charge in [0.1, 0.15) is 6.04 Å². The lowest BCUT2D eigenvalue weighted by Gasteiger charge is -2.22. The van der Waals surface area contributed by atoms with Gasteiger partial charge in [-0.15, -0.1) is 0 Å². The van der Waals surface area contributed by atoms with Gasteiger partial charge in [-0.25, -0.2) is 0 Å². The van der Waals surface area contributed by atoms with Crippen LogP contribution in [0.25, 0.3) is 0 Å². The van der Waals surface area contributed by atoms with E-state index in [9.17, 15) is 14.7 Å². The number of hydrogen-bond acceptors (Lipinski definition) is 7. The van der Waals surface area contributed by atoms with E-state index >= 15 is 0 Å². The molecule has 1 saturated heterocycles. The Balaban J connectivity index is 1.96. The number of aliphatic hydroxyl groups is 1. The molecule has 2 atom stereocenters. The molecule has 1 heterocycles. The number of nitrogens with zero attached hydrogens (tertiary/aromatic N) is 1. The average molecular weight is 365 g/mol. The number of carbonyl (C=O) groups is 2. The second kappa shape index (κ2) is 9.12. The molecule has 7 heteroatoms. The van der Waals surface area contributed by atoms with Crippen LogP contribution in [0.5, 0.6) is 0 Å². The van der Waals surface area contributed by atoms with Gasteiger partial charge in [-0.2, -0.15) is 5.06 Å². The van der Waals surface area contributed by atoms with Crippen molar-refractivity contribution in [2.45, 2.75) is 32.9 Å². The second-order valence-corrected chi connectivity index (χ2v) is 7.26. The largest absolute Gasteiger partial charge is 0.468 e. The number of hydrogen-bond donors (Lipinski definition) is 1. The Labute approximate surface area is 153 Å². The topological polar surface area (TPSA) is 85.3 Å². The molecule has 144 valence electrons. The highest BCUT2D eigenvalue weighted by atomic mass is 16.7. The lowest BCUT2D eigenvalue weighted by atomic mass is 9.96. The van der Waals surface area contributed by atoms with Crippen molar-refractivity contribution in [1.29, 1.82) is 0 Å². The fourth-order valence-corrected chi connectivity index (χ4v) is 2.63. The minimum atomic E-state index is -0.646. The first kappa shape index (κ1) is 20.4. The van der Waals surface area contributed by atoms with Gasteiger partial charge in [0, 0.05) is 12.0 Å². The predicted molar refractivity (Wildman–Crippen MR) is 93.7 cm³/mol. The SMILES string of the molecule is COC(=O)[C@H]1C[C@@H](C(=O)OCC(C)(C)CO)CN1OCc1ccccc1. The van der Waals surface area contributed by atoms with Gasteiger partial charge >= 0.3 is 11.9 Å². The molecule has 0 saturated carbocycles. The molecule has 1 aliphatic heterocycles. The van der Waals surface area contributed by atoms with Crippen LogP contribution in [0.3, 0.4) is 0 Å². The standard InChI is InChI=1S/C19H27NO6/c1-19(2,12-21)13-25-17(22)15-9-16(18(23)24-3)20(10-15)26-11-14-7-5-4-6-8-14/h4-8,15-16,21H,9-13H2,1-3H3/t15-,16-/m1/s1. The first-order chi connectivity index (χ1) is 12.4. The van der Waals surface area contributed by atoms with Crippen LogP contribution in [-0.4, -0.2) is 55.0 Å². The zero-order valence-electron chi connectivity index (χ0n) is 15.5. The summed E-state index contributed by atoms with van der Waals surface area (Å²) in [4.78, 5) is 30.1. The van der Waals surface area contributed by atoms with E-state index in [4.69, 9.17) is 14.3 Å². The lowest BCUT2D eigenvalue weighted by Crippen LogP contribution is -2.36. The highest BCUT2D eigenvalue weighted by molar-refractivity contribution is 5.79. The van der Waals surface area contributed by atoms with Crippen LogP contribution in [0, 0.1) is 11.3 Å². The van der Waals surface area contributed by atoms with E-state index in [2.05, 4.69) is 0 Å². The summed E-state index contributed by atoms with van der Waals surface area (Å²) in [5.41, 5.74) is 0.464. The first-order valence-corrected chi connectivity index (χ1v) is 8.65. The van der Waals surface area contributed by atoms with Gasteiger partial charge in [0.15, 0.2) is 0 Å². The molecular weight excluding hydrogens is 338 g/mol. The molecule has 1 aromatic carbocycles. The maximum atomic E-state index is 12.3. The van der Waals surface area contributed by atoms with Crippen molar-refractivity contribution >= 4 is 11.9 Å². The van der Waals surface area contributed by atoms with Gasteiger partial charge in [-0.1, -0.05) is 44.2 Å². The van der Waals surface area contributed by atoms with Crippen LogP contribution in [0.15, 0.2) is 30.3 Å². The van der Waals surface area contributed by atoms with Gasteiger partial charge in [-0.3, -0.25) is 14.4 Å². The van der Waals surface area contributed by atoms with Crippen molar-refractivity contribution in [2.75, 3.05) is 26.9 Å². The Morgan fingerprint density at radius 1 is 1.23 bits per heavy atom. The molecule has 0 aromatic heterocycles. The monoisotopic (exact) mass is 365 g/mol. The maximum absolute atomic E-state index is 12.3. The van der Waals surface area contributed by atoms with Gasteiger partial charge in [0.25, 0.3) is 0 Å². The Hall–Kier alpha value is -1.96. The van der Waals surface area contributed by atoms with Gasteiger partial charge in [-0.05, 0) is 12.0 Å². The minimum absolute atomic E-state index is 0.0813. The van der Waals surface area contributed by atoms with E-state index < -0.39 is 29.3 Å². The molecule has 0 unspecified atom stereocenters. The first-order valence-electron chi connectivity index (χ1n) is 8.65. The van der Waals surface area contributed by atoms with Gasteiger partial charge in [0.2, 0.25) is 0 Å². The van der Waals surface area contributed by atoms with E-state index in [0.717, 1.165) is 5.56 Å². The summed E-state index contributed by atoms with van der Waals surface area (Å²) >= 11 is 0. The normalized spacial score (nSPS) is 20.8. The summed E-state index contributed by atoms with van der Waals surface area (Å²) in [7, 11) is 1.31. The molecule has 0 radical (unpaired) electrons. The van der Waals surface area contributed by atoms with E-state index in [1.54, 1.807) is 0 Å². The van der Waals surface area contributed by atoms with Crippen LogP contribution in [0.1, 0.15) is 25.8 Å². The number of hydroxylamine groups is 2. The average Bonchev–Trinajstić information content (AvgIpc) is 3.09. The van der Waals surface area contributed by atoms with Crippen LogP contribution in [0.4, 0.5) is 0 Å². The highest BCUT2D eigenvalue weighted by Gasteiger charge is 2.42. The number of esters is 2. The summed E-state index contributed by atoms with van der Waals surface area (Å²) in [6.45, 7) is 4.20. The Morgan fingerprint density at radius 2 is 1.92 bits per heavy atom. The molecule has 7 nitrogen and oxygen atoms in total. The van der Waals surface area contributed by atoms with E-state index in [0.29, 0.717) is 6.61 Å². The number of benzene rings is 1. The molecule has 0 aliphatic carbocycles. The molecule has 1 N–H and O–H groups in total. The second-order valence-electron chi connectivity index (χ2n) is 7.26. The zero-order chi connectivity index (χ0) is 19.2. The van der Waals surface area contributed by atoms with Crippen molar-refractivity contribution in [2.24, 2.45) is 11.3 Å². The van der Waals surface area contributed by atoms with Crippen LogP contribution >= 0.6 is 0 Å². The van der Waals surface area contributed by atoms with Crippen LogP contribution in [0.2, 0.25) is 0 Å². The van der Waals surface area contributed by atoms with Crippen molar-refractivity contribution in [3.8, 4) is 0 Å². The maximum Gasteiger partial charge on any atom is 0.325 e. The predicted octanol–water partition coefficient (Wildman–Crippen LogP) is 1.54. The number of rotatable bonds is 8. The summed E-state index contributed by atoms with van der Waals surface area (Å²) in [6, 6.07) is 8.92. The van der Waals surface area contributed by atoms with E-state index in [-0.39, 0.29) is 26.2 Å².